The number of aromatic nitrogens is 2. The lowest BCUT2D eigenvalue weighted by Gasteiger charge is -2.20. The molecule has 6 heteroatoms. The second-order valence-electron chi connectivity index (χ2n) is 5.98. The summed E-state index contributed by atoms with van der Waals surface area (Å²) in [5.74, 6) is -0.349. The van der Waals surface area contributed by atoms with Crippen LogP contribution in [0, 0.1) is 0 Å². The van der Waals surface area contributed by atoms with Gasteiger partial charge < -0.3 is 13.7 Å². The van der Waals surface area contributed by atoms with Crippen LogP contribution >= 0.6 is 0 Å². The molecule has 4 aromatic rings. The summed E-state index contributed by atoms with van der Waals surface area (Å²) < 4.78 is 7.22. The number of fused-ring (bicyclic) bond motifs is 2. The van der Waals surface area contributed by atoms with E-state index in [-0.39, 0.29) is 11.5 Å². The largest absolute Gasteiger partial charge is 0.422 e. The van der Waals surface area contributed by atoms with Gasteiger partial charge in [0.25, 0.3) is 5.91 Å². The van der Waals surface area contributed by atoms with Crippen LogP contribution in [-0.2, 0) is 6.54 Å². The molecule has 0 aliphatic heterocycles. The van der Waals surface area contributed by atoms with E-state index in [1.54, 1.807) is 29.3 Å². The highest BCUT2D eigenvalue weighted by Gasteiger charge is 2.20. The molecule has 0 saturated carbocycles. The molecule has 0 saturated heterocycles. The van der Waals surface area contributed by atoms with Crippen molar-refractivity contribution < 1.29 is 9.21 Å². The van der Waals surface area contributed by atoms with Crippen molar-refractivity contribution in [1.29, 1.82) is 0 Å². The molecule has 130 valence electrons. The van der Waals surface area contributed by atoms with Crippen molar-refractivity contribution in [2.75, 3.05) is 6.54 Å². The lowest BCUT2D eigenvalue weighted by Crippen LogP contribution is -2.33. The van der Waals surface area contributed by atoms with Gasteiger partial charge in [-0.15, -0.1) is 0 Å². The van der Waals surface area contributed by atoms with Crippen molar-refractivity contribution in [2.45, 2.75) is 13.5 Å². The summed E-state index contributed by atoms with van der Waals surface area (Å²) in [7, 11) is 0. The summed E-state index contributed by atoms with van der Waals surface area (Å²) in [4.78, 5) is 31.2. The molecule has 0 aliphatic rings. The van der Waals surface area contributed by atoms with Gasteiger partial charge in [0, 0.05) is 18.1 Å². The molecule has 3 heterocycles. The van der Waals surface area contributed by atoms with Crippen LogP contribution in [0.5, 0.6) is 0 Å². The quantitative estimate of drug-likeness (QED) is 0.532. The van der Waals surface area contributed by atoms with Crippen molar-refractivity contribution in [3.8, 4) is 0 Å². The molecule has 0 N–H and O–H groups in total. The number of carbonyl (C=O) groups is 1. The smallest absolute Gasteiger partial charge is 0.349 e. The summed E-state index contributed by atoms with van der Waals surface area (Å²) in [6, 6.07) is 14.5. The van der Waals surface area contributed by atoms with Crippen LogP contribution in [0.15, 0.2) is 70.1 Å². The van der Waals surface area contributed by atoms with E-state index in [9.17, 15) is 9.59 Å². The molecule has 0 atom stereocenters. The van der Waals surface area contributed by atoms with Crippen LogP contribution in [0.25, 0.3) is 16.6 Å². The molecular formula is C20H17N3O3. The fourth-order valence-corrected chi connectivity index (χ4v) is 3.01. The van der Waals surface area contributed by atoms with Crippen LogP contribution in [0.2, 0.25) is 0 Å². The highest BCUT2D eigenvalue weighted by atomic mass is 16.4. The number of imidazole rings is 1. The molecular weight excluding hydrogens is 330 g/mol. The maximum absolute atomic E-state index is 12.9. The second-order valence-corrected chi connectivity index (χ2v) is 5.98. The van der Waals surface area contributed by atoms with E-state index in [0.717, 1.165) is 16.7 Å². The van der Waals surface area contributed by atoms with Gasteiger partial charge in [0.05, 0.1) is 18.4 Å². The Kier molecular flexibility index (Phi) is 4.01. The van der Waals surface area contributed by atoms with Gasteiger partial charge in [-0.3, -0.25) is 4.79 Å². The number of nitrogens with zero attached hydrogens (tertiary/aromatic N) is 3. The van der Waals surface area contributed by atoms with Gasteiger partial charge >= 0.3 is 5.63 Å². The highest BCUT2D eigenvalue weighted by Crippen LogP contribution is 2.15. The number of rotatable bonds is 4. The molecule has 1 amide bonds. The zero-order valence-electron chi connectivity index (χ0n) is 14.3. The van der Waals surface area contributed by atoms with Gasteiger partial charge in [-0.2, -0.15) is 0 Å². The highest BCUT2D eigenvalue weighted by molar-refractivity contribution is 5.96. The first-order valence-corrected chi connectivity index (χ1v) is 8.40. The van der Waals surface area contributed by atoms with Gasteiger partial charge in [0.2, 0.25) is 0 Å². The first-order valence-electron chi connectivity index (χ1n) is 8.40. The fraction of sp³-hybridized carbons (Fsp3) is 0.150. The minimum atomic E-state index is -0.620. The molecule has 3 aromatic heterocycles. The third-order valence-corrected chi connectivity index (χ3v) is 4.39. The fourth-order valence-electron chi connectivity index (χ4n) is 3.01. The van der Waals surface area contributed by atoms with Gasteiger partial charge in [-0.05, 0) is 31.2 Å². The Labute approximate surface area is 149 Å². The van der Waals surface area contributed by atoms with E-state index in [1.807, 2.05) is 47.9 Å². The second kappa shape index (κ2) is 6.48. The van der Waals surface area contributed by atoms with E-state index in [0.29, 0.717) is 18.7 Å². The number of para-hydroxylation sites is 1. The molecule has 0 bridgehead atoms. The van der Waals surface area contributed by atoms with Crippen molar-refractivity contribution >= 4 is 22.5 Å². The summed E-state index contributed by atoms with van der Waals surface area (Å²) in [5, 5.41) is 0.723. The lowest BCUT2D eigenvalue weighted by atomic mass is 10.1. The van der Waals surface area contributed by atoms with E-state index in [2.05, 4.69) is 4.98 Å². The van der Waals surface area contributed by atoms with E-state index >= 15 is 0 Å². The first-order chi connectivity index (χ1) is 12.7. The van der Waals surface area contributed by atoms with E-state index < -0.39 is 5.63 Å². The molecule has 0 spiro atoms. The van der Waals surface area contributed by atoms with Crippen LogP contribution in [-0.4, -0.2) is 26.7 Å². The predicted octanol–water partition coefficient (Wildman–Crippen LogP) is 3.10. The Hall–Kier alpha value is -3.41. The van der Waals surface area contributed by atoms with Crippen LogP contribution in [0.3, 0.4) is 0 Å². The maximum atomic E-state index is 12.9. The molecule has 0 radical (unpaired) electrons. The van der Waals surface area contributed by atoms with Crippen molar-refractivity contribution in [3.63, 3.8) is 0 Å². The average Bonchev–Trinajstić information content (AvgIpc) is 3.08. The average molecular weight is 347 g/mol. The minimum Gasteiger partial charge on any atom is -0.422 e. The van der Waals surface area contributed by atoms with Gasteiger partial charge in [-0.25, -0.2) is 9.78 Å². The molecule has 0 aliphatic carbocycles. The molecule has 26 heavy (non-hydrogen) atoms. The van der Waals surface area contributed by atoms with Gasteiger partial charge in [-0.1, -0.05) is 24.3 Å². The van der Waals surface area contributed by atoms with E-state index in [4.69, 9.17) is 4.42 Å². The molecule has 4 rings (SSSR count). The number of hydrogen-bond acceptors (Lipinski definition) is 4. The van der Waals surface area contributed by atoms with Crippen molar-refractivity contribution in [2.24, 2.45) is 0 Å². The third-order valence-electron chi connectivity index (χ3n) is 4.39. The summed E-state index contributed by atoms with van der Waals surface area (Å²) >= 11 is 0. The van der Waals surface area contributed by atoms with Crippen molar-refractivity contribution in [1.82, 2.24) is 14.3 Å². The summed E-state index contributed by atoms with van der Waals surface area (Å²) in [6.45, 7) is 2.70. The topological polar surface area (TPSA) is 67.8 Å². The Balaban J connectivity index is 1.69. The molecule has 6 nitrogen and oxygen atoms in total. The standard InChI is InChI=1S/C20H17N3O3/c1-2-22(13-15-12-21-18-9-5-6-10-23(15)18)19(24)16-11-14-7-3-4-8-17(14)26-20(16)25/h3-12H,2,13H2,1H3. The Bertz CT molecular complexity index is 1160. The van der Waals surface area contributed by atoms with E-state index in [1.165, 1.54) is 0 Å². The minimum absolute atomic E-state index is 0.0411. The zero-order chi connectivity index (χ0) is 18.1. The number of carbonyl (C=O) groups excluding carboxylic acids is 1. The number of pyridine rings is 1. The van der Waals surface area contributed by atoms with Gasteiger partial charge in [0.15, 0.2) is 0 Å². The monoisotopic (exact) mass is 347 g/mol. The number of benzene rings is 1. The molecule has 0 fully saturated rings. The zero-order valence-corrected chi connectivity index (χ0v) is 14.3. The lowest BCUT2D eigenvalue weighted by molar-refractivity contribution is 0.0746. The maximum Gasteiger partial charge on any atom is 0.349 e. The predicted molar refractivity (Wildman–Crippen MR) is 98.1 cm³/mol. The summed E-state index contributed by atoms with van der Waals surface area (Å²) in [6.07, 6.45) is 3.65. The normalized spacial score (nSPS) is 11.1. The number of hydrogen-bond donors (Lipinski definition) is 0. The van der Waals surface area contributed by atoms with Crippen LogP contribution in [0.4, 0.5) is 0 Å². The Morgan fingerprint density at radius 2 is 2.00 bits per heavy atom. The SMILES string of the molecule is CCN(Cc1cnc2ccccn12)C(=O)c1cc2ccccc2oc1=O. The van der Waals surface area contributed by atoms with Gasteiger partial charge in [0.1, 0.15) is 16.8 Å². The first kappa shape index (κ1) is 16.1. The summed E-state index contributed by atoms with van der Waals surface area (Å²) in [5.41, 5.74) is 1.58. The molecule has 0 unspecified atom stereocenters. The molecule has 1 aromatic carbocycles. The van der Waals surface area contributed by atoms with Crippen LogP contribution in [0.1, 0.15) is 23.0 Å². The van der Waals surface area contributed by atoms with Crippen LogP contribution < -0.4 is 5.63 Å². The van der Waals surface area contributed by atoms with Crippen molar-refractivity contribution in [3.05, 3.63) is 82.6 Å². The Morgan fingerprint density at radius 1 is 1.19 bits per heavy atom. The third kappa shape index (κ3) is 2.75. The Morgan fingerprint density at radius 3 is 2.85 bits per heavy atom. The number of amides is 1.